The van der Waals surface area contributed by atoms with Gasteiger partial charge in [0.15, 0.2) is 5.43 Å². The van der Waals surface area contributed by atoms with Crippen molar-refractivity contribution in [3.63, 3.8) is 0 Å². The van der Waals surface area contributed by atoms with Gasteiger partial charge in [-0.15, -0.1) is 0 Å². The SMILES string of the molecule is Cn1c(=O)c(C2=CC(c3coc4ccccc4c3=O)C(C#N)C(=S)N2)c(O)c2ccccc21. The van der Waals surface area contributed by atoms with Crippen molar-refractivity contribution in [1.82, 2.24) is 9.88 Å². The van der Waals surface area contributed by atoms with Crippen LogP contribution in [0.25, 0.3) is 27.6 Å². The minimum Gasteiger partial charge on any atom is -0.506 e. The highest BCUT2D eigenvalue weighted by molar-refractivity contribution is 7.80. The third-order valence-corrected chi connectivity index (χ3v) is 6.35. The van der Waals surface area contributed by atoms with E-state index >= 15 is 0 Å². The molecule has 2 aromatic heterocycles. The van der Waals surface area contributed by atoms with E-state index < -0.39 is 17.4 Å². The maximum Gasteiger partial charge on any atom is 0.263 e. The largest absolute Gasteiger partial charge is 0.506 e. The van der Waals surface area contributed by atoms with Crippen molar-refractivity contribution in [3.8, 4) is 11.8 Å². The molecule has 0 spiro atoms. The third-order valence-electron chi connectivity index (χ3n) is 6.00. The number of aromatic hydroxyl groups is 1. The number of aryl methyl sites for hydroxylation is 1. The first-order valence-corrected chi connectivity index (χ1v) is 10.6. The quantitative estimate of drug-likeness (QED) is 0.445. The van der Waals surface area contributed by atoms with Crippen LogP contribution in [-0.4, -0.2) is 14.7 Å². The Labute approximate surface area is 192 Å². The highest BCUT2D eigenvalue weighted by Crippen LogP contribution is 2.36. The second kappa shape index (κ2) is 7.73. The van der Waals surface area contributed by atoms with E-state index in [0.29, 0.717) is 21.9 Å². The van der Waals surface area contributed by atoms with Crippen LogP contribution in [0.4, 0.5) is 0 Å². The Kier molecular flexibility index (Phi) is 4.84. The molecule has 0 radical (unpaired) electrons. The molecular formula is C25H17N3O4S. The Hall–Kier alpha value is -4.22. The highest BCUT2D eigenvalue weighted by atomic mass is 32.1. The molecule has 0 amide bonds. The van der Waals surface area contributed by atoms with Gasteiger partial charge in [-0.3, -0.25) is 9.59 Å². The number of para-hydroxylation sites is 2. The van der Waals surface area contributed by atoms with Gasteiger partial charge < -0.3 is 19.4 Å². The Morgan fingerprint density at radius 2 is 1.82 bits per heavy atom. The van der Waals surface area contributed by atoms with Crippen LogP contribution in [0.3, 0.4) is 0 Å². The van der Waals surface area contributed by atoms with Crippen LogP contribution >= 0.6 is 12.2 Å². The molecule has 2 atom stereocenters. The van der Waals surface area contributed by atoms with Gasteiger partial charge in [-0.25, -0.2) is 0 Å². The Morgan fingerprint density at radius 3 is 2.58 bits per heavy atom. The van der Waals surface area contributed by atoms with Crippen LogP contribution < -0.4 is 16.3 Å². The van der Waals surface area contributed by atoms with E-state index in [0.717, 1.165) is 0 Å². The topological polar surface area (TPSA) is 108 Å². The van der Waals surface area contributed by atoms with Gasteiger partial charge in [-0.05, 0) is 24.3 Å². The lowest BCUT2D eigenvalue weighted by Crippen LogP contribution is -2.38. The normalized spacial score (nSPS) is 18.1. The zero-order chi connectivity index (χ0) is 23.3. The van der Waals surface area contributed by atoms with E-state index in [-0.39, 0.29) is 33.0 Å². The predicted octanol–water partition coefficient (Wildman–Crippen LogP) is 3.55. The Bertz CT molecular complexity index is 1660. The van der Waals surface area contributed by atoms with E-state index in [4.69, 9.17) is 16.6 Å². The predicted molar refractivity (Wildman–Crippen MR) is 129 cm³/mol. The lowest BCUT2D eigenvalue weighted by Gasteiger charge is -2.28. The fraction of sp³-hybridized carbons (Fsp3) is 0.120. The smallest absolute Gasteiger partial charge is 0.263 e. The third kappa shape index (κ3) is 3.13. The number of nitrogens with zero attached hydrogens (tertiary/aromatic N) is 2. The molecule has 5 rings (SSSR count). The maximum absolute atomic E-state index is 13.2. The van der Waals surface area contributed by atoms with Crippen molar-refractivity contribution in [2.24, 2.45) is 13.0 Å². The average molecular weight is 455 g/mol. The van der Waals surface area contributed by atoms with Crippen LogP contribution in [0.1, 0.15) is 17.0 Å². The van der Waals surface area contributed by atoms with E-state index in [1.165, 1.54) is 10.8 Å². The fourth-order valence-corrected chi connectivity index (χ4v) is 4.60. The zero-order valence-corrected chi connectivity index (χ0v) is 18.2. The van der Waals surface area contributed by atoms with Gasteiger partial charge in [0.25, 0.3) is 5.56 Å². The maximum atomic E-state index is 13.2. The van der Waals surface area contributed by atoms with Crippen molar-refractivity contribution in [1.29, 1.82) is 5.26 Å². The van der Waals surface area contributed by atoms with Crippen LogP contribution in [0.2, 0.25) is 0 Å². The number of rotatable bonds is 2. The molecule has 4 aromatic rings. The number of allylic oxidation sites excluding steroid dienone is 1. The lowest BCUT2D eigenvalue weighted by atomic mass is 9.83. The molecule has 0 fully saturated rings. The Balaban J connectivity index is 1.77. The second-order valence-electron chi connectivity index (χ2n) is 7.82. The minimum atomic E-state index is -0.848. The van der Waals surface area contributed by atoms with Crippen molar-refractivity contribution >= 4 is 44.8 Å². The van der Waals surface area contributed by atoms with Crippen LogP contribution in [0.5, 0.6) is 5.75 Å². The Morgan fingerprint density at radius 1 is 1.12 bits per heavy atom. The molecule has 2 N–H and O–H groups in total. The summed E-state index contributed by atoms with van der Waals surface area (Å²) in [7, 11) is 1.61. The number of hydrogen-bond acceptors (Lipinski definition) is 6. The lowest BCUT2D eigenvalue weighted by molar-refractivity contribution is 0.477. The molecule has 2 unspecified atom stereocenters. The number of hydrogen-bond donors (Lipinski definition) is 2. The number of thiocarbonyl (C=S) groups is 1. The molecule has 0 bridgehead atoms. The summed E-state index contributed by atoms with van der Waals surface area (Å²) in [4.78, 5) is 26.6. The minimum absolute atomic E-state index is 0.0186. The standard InChI is InChI=1S/C25H17N3O4S/c1-28-19-8-4-2-6-13(19)23(30)21(25(28)31)18-10-15(16(11-26)24(33)27-18)17-12-32-20-9-5-3-7-14(20)22(17)29/h2-10,12,15-16,30H,1H3,(H,27,33). The first-order chi connectivity index (χ1) is 15.9. The second-order valence-corrected chi connectivity index (χ2v) is 8.26. The molecule has 162 valence electrons. The summed E-state index contributed by atoms with van der Waals surface area (Å²) < 4.78 is 7.09. The van der Waals surface area contributed by atoms with Crippen molar-refractivity contribution in [2.75, 3.05) is 0 Å². The first-order valence-electron chi connectivity index (χ1n) is 10.2. The average Bonchev–Trinajstić information content (AvgIpc) is 2.83. The molecule has 1 aliphatic heterocycles. The summed E-state index contributed by atoms with van der Waals surface area (Å²) in [5.74, 6) is -1.82. The monoisotopic (exact) mass is 455 g/mol. The summed E-state index contributed by atoms with van der Waals surface area (Å²) in [6, 6.07) is 16.0. The summed E-state index contributed by atoms with van der Waals surface area (Å²) in [6.07, 6.45) is 2.93. The summed E-state index contributed by atoms with van der Waals surface area (Å²) in [6.45, 7) is 0. The number of aromatic nitrogens is 1. The number of benzene rings is 2. The van der Waals surface area contributed by atoms with E-state index in [9.17, 15) is 20.0 Å². The van der Waals surface area contributed by atoms with E-state index in [2.05, 4.69) is 11.4 Å². The van der Waals surface area contributed by atoms with Crippen LogP contribution in [0, 0.1) is 17.2 Å². The first kappa shape index (κ1) is 20.7. The van der Waals surface area contributed by atoms with Gasteiger partial charge in [0.1, 0.15) is 22.8 Å². The molecule has 3 heterocycles. The number of nitriles is 1. The molecule has 33 heavy (non-hydrogen) atoms. The zero-order valence-electron chi connectivity index (χ0n) is 17.4. The molecule has 2 aromatic carbocycles. The van der Waals surface area contributed by atoms with Gasteiger partial charge in [0, 0.05) is 23.9 Å². The summed E-state index contributed by atoms with van der Waals surface area (Å²) >= 11 is 5.44. The fourth-order valence-electron chi connectivity index (χ4n) is 4.29. The number of nitrogens with one attached hydrogen (secondary N) is 1. The van der Waals surface area contributed by atoms with Gasteiger partial charge >= 0.3 is 0 Å². The van der Waals surface area contributed by atoms with Crippen molar-refractivity contribution in [2.45, 2.75) is 5.92 Å². The molecular weight excluding hydrogens is 438 g/mol. The number of fused-ring (bicyclic) bond motifs is 2. The van der Waals surface area contributed by atoms with Gasteiger partial charge in [0.2, 0.25) is 0 Å². The van der Waals surface area contributed by atoms with Crippen LogP contribution in [-0.2, 0) is 7.05 Å². The highest BCUT2D eigenvalue weighted by Gasteiger charge is 2.34. The molecule has 1 aliphatic rings. The molecule has 0 saturated carbocycles. The van der Waals surface area contributed by atoms with E-state index in [1.54, 1.807) is 61.7 Å². The molecule has 0 aliphatic carbocycles. The molecule has 7 nitrogen and oxygen atoms in total. The van der Waals surface area contributed by atoms with E-state index in [1.807, 2.05) is 0 Å². The van der Waals surface area contributed by atoms with Gasteiger partial charge in [-0.2, -0.15) is 5.26 Å². The number of pyridine rings is 1. The molecule has 0 saturated heterocycles. The van der Waals surface area contributed by atoms with Crippen LogP contribution in [0.15, 0.2) is 74.9 Å². The molecule has 8 heteroatoms. The van der Waals surface area contributed by atoms with Gasteiger partial charge in [0.05, 0.1) is 33.9 Å². The summed E-state index contributed by atoms with van der Waals surface area (Å²) in [5, 5.41) is 24.6. The summed E-state index contributed by atoms with van der Waals surface area (Å²) in [5.41, 5.74) is 0.799. The van der Waals surface area contributed by atoms with Crippen molar-refractivity contribution < 1.29 is 9.52 Å². The van der Waals surface area contributed by atoms with Gasteiger partial charge in [-0.1, -0.05) is 42.6 Å². The van der Waals surface area contributed by atoms with Crippen molar-refractivity contribution in [3.05, 3.63) is 92.6 Å².